The number of aromatic nitrogens is 1. The molecule has 0 saturated heterocycles. The Morgan fingerprint density at radius 1 is 1.15 bits per heavy atom. The Hall–Kier alpha value is -2.40. The van der Waals surface area contributed by atoms with E-state index in [-0.39, 0.29) is 5.84 Å². The standard InChI is InChI=1S/C15H14N4S/c1-19(11-8-6-10(7-9-11)14(16)17)15-18-12-4-2-3-5-13(12)20-15/h2-9H,1H3,(H3,16,17). The number of hydrogen-bond acceptors (Lipinski definition) is 4. The van der Waals surface area contributed by atoms with Crippen LogP contribution in [-0.2, 0) is 0 Å². The third kappa shape index (κ3) is 2.23. The third-order valence-corrected chi connectivity index (χ3v) is 4.25. The number of nitrogens with zero attached hydrogens (tertiary/aromatic N) is 2. The van der Waals surface area contributed by atoms with Gasteiger partial charge < -0.3 is 10.6 Å². The molecule has 0 unspecified atom stereocenters. The molecule has 0 fully saturated rings. The first-order chi connectivity index (χ1) is 9.65. The van der Waals surface area contributed by atoms with Gasteiger partial charge in [-0.3, -0.25) is 5.41 Å². The Bertz CT molecular complexity index is 728. The summed E-state index contributed by atoms with van der Waals surface area (Å²) in [5.74, 6) is 0.0826. The SMILES string of the molecule is CN(c1ccc(C(=N)N)cc1)c1nc2ccccc2s1. The monoisotopic (exact) mass is 282 g/mol. The lowest BCUT2D eigenvalue weighted by molar-refractivity contribution is 1.18. The van der Waals surface area contributed by atoms with Crippen LogP contribution in [0, 0.1) is 5.41 Å². The summed E-state index contributed by atoms with van der Waals surface area (Å²) in [4.78, 5) is 6.66. The minimum atomic E-state index is 0.0826. The first-order valence-corrected chi connectivity index (χ1v) is 7.00. The van der Waals surface area contributed by atoms with Crippen LogP contribution in [0.25, 0.3) is 10.2 Å². The van der Waals surface area contributed by atoms with Crippen LogP contribution >= 0.6 is 11.3 Å². The van der Waals surface area contributed by atoms with Gasteiger partial charge in [0.1, 0.15) is 5.84 Å². The van der Waals surface area contributed by atoms with Crippen LogP contribution in [0.5, 0.6) is 0 Å². The van der Waals surface area contributed by atoms with Crippen LogP contribution in [0.4, 0.5) is 10.8 Å². The number of thiazole rings is 1. The van der Waals surface area contributed by atoms with Gasteiger partial charge in [-0.25, -0.2) is 4.98 Å². The lowest BCUT2D eigenvalue weighted by Crippen LogP contribution is -2.12. The van der Waals surface area contributed by atoms with Crippen LogP contribution in [-0.4, -0.2) is 17.9 Å². The Labute approximate surface area is 121 Å². The lowest BCUT2D eigenvalue weighted by atomic mass is 10.2. The normalized spacial score (nSPS) is 10.7. The van der Waals surface area contributed by atoms with Crippen LogP contribution in [0.15, 0.2) is 48.5 Å². The highest BCUT2D eigenvalue weighted by atomic mass is 32.1. The van der Waals surface area contributed by atoms with Gasteiger partial charge in [0.05, 0.1) is 10.2 Å². The molecule has 3 aromatic rings. The van der Waals surface area contributed by atoms with E-state index in [0.29, 0.717) is 0 Å². The summed E-state index contributed by atoms with van der Waals surface area (Å²) in [6.45, 7) is 0. The van der Waals surface area contributed by atoms with Crippen molar-refractivity contribution in [2.75, 3.05) is 11.9 Å². The van der Waals surface area contributed by atoms with E-state index in [1.54, 1.807) is 11.3 Å². The molecule has 1 heterocycles. The second kappa shape index (κ2) is 4.94. The largest absolute Gasteiger partial charge is 0.384 e. The van der Waals surface area contributed by atoms with E-state index in [1.807, 2.05) is 54.4 Å². The Morgan fingerprint density at radius 2 is 1.85 bits per heavy atom. The first kappa shape index (κ1) is 12.6. The maximum absolute atomic E-state index is 7.40. The molecule has 0 aliphatic rings. The molecule has 0 amide bonds. The number of amidine groups is 1. The molecule has 0 radical (unpaired) electrons. The van der Waals surface area contributed by atoms with Crippen molar-refractivity contribution in [3.05, 3.63) is 54.1 Å². The molecule has 0 aliphatic heterocycles. The Balaban J connectivity index is 1.94. The van der Waals surface area contributed by atoms with E-state index in [0.717, 1.165) is 21.9 Å². The highest BCUT2D eigenvalue weighted by molar-refractivity contribution is 7.22. The van der Waals surface area contributed by atoms with E-state index in [4.69, 9.17) is 11.1 Å². The molecule has 5 heteroatoms. The van der Waals surface area contributed by atoms with E-state index in [1.165, 1.54) is 4.70 Å². The minimum absolute atomic E-state index is 0.0826. The summed E-state index contributed by atoms with van der Waals surface area (Å²) in [5, 5.41) is 8.35. The maximum Gasteiger partial charge on any atom is 0.190 e. The number of hydrogen-bond donors (Lipinski definition) is 2. The summed E-state index contributed by atoms with van der Waals surface area (Å²) >= 11 is 1.66. The van der Waals surface area contributed by atoms with E-state index >= 15 is 0 Å². The number of para-hydroxylation sites is 1. The summed E-state index contributed by atoms with van der Waals surface area (Å²) < 4.78 is 1.18. The number of fused-ring (bicyclic) bond motifs is 1. The van der Waals surface area contributed by atoms with E-state index in [2.05, 4.69) is 11.1 Å². The van der Waals surface area contributed by atoms with Gasteiger partial charge in [-0.1, -0.05) is 23.5 Å². The zero-order chi connectivity index (χ0) is 14.1. The van der Waals surface area contributed by atoms with Crippen molar-refractivity contribution in [1.29, 1.82) is 5.41 Å². The fourth-order valence-electron chi connectivity index (χ4n) is 1.98. The molecule has 0 aliphatic carbocycles. The van der Waals surface area contributed by atoms with Gasteiger partial charge in [0.15, 0.2) is 5.13 Å². The van der Waals surface area contributed by atoms with Crippen LogP contribution in [0.1, 0.15) is 5.56 Å². The van der Waals surface area contributed by atoms with Crippen molar-refractivity contribution in [1.82, 2.24) is 4.98 Å². The van der Waals surface area contributed by atoms with E-state index in [9.17, 15) is 0 Å². The van der Waals surface area contributed by atoms with Gasteiger partial charge in [-0.05, 0) is 36.4 Å². The molecule has 100 valence electrons. The molecule has 4 nitrogen and oxygen atoms in total. The lowest BCUT2D eigenvalue weighted by Gasteiger charge is -2.15. The molecular formula is C15H14N4S. The van der Waals surface area contributed by atoms with Gasteiger partial charge in [0.25, 0.3) is 0 Å². The van der Waals surface area contributed by atoms with Crippen LogP contribution < -0.4 is 10.6 Å². The summed E-state index contributed by atoms with van der Waals surface area (Å²) in [6.07, 6.45) is 0. The van der Waals surface area contributed by atoms with Gasteiger partial charge in [-0.15, -0.1) is 0 Å². The minimum Gasteiger partial charge on any atom is -0.384 e. The van der Waals surface area contributed by atoms with Crippen molar-refractivity contribution in [3.63, 3.8) is 0 Å². The third-order valence-electron chi connectivity index (χ3n) is 3.14. The molecular weight excluding hydrogens is 268 g/mol. The number of anilines is 2. The topological polar surface area (TPSA) is 66.0 Å². The number of nitrogens with one attached hydrogen (secondary N) is 1. The molecule has 20 heavy (non-hydrogen) atoms. The van der Waals surface area contributed by atoms with Crippen molar-refractivity contribution < 1.29 is 0 Å². The quantitative estimate of drug-likeness (QED) is 0.572. The fraction of sp³-hybridized carbons (Fsp3) is 0.0667. The zero-order valence-electron chi connectivity index (χ0n) is 11.0. The predicted molar refractivity (Wildman–Crippen MR) is 85.1 cm³/mol. The Morgan fingerprint density at radius 3 is 2.50 bits per heavy atom. The van der Waals surface area contributed by atoms with Crippen LogP contribution in [0.3, 0.4) is 0 Å². The number of nitrogen functional groups attached to an aromatic ring is 1. The van der Waals surface area contributed by atoms with Crippen molar-refractivity contribution >= 4 is 38.2 Å². The molecule has 2 aromatic carbocycles. The highest BCUT2D eigenvalue weighted by Crippen LogP contribution is 2.31. The van der Waals surface area contributed by atoms with Gasteiger partial charge in [0, 0.05) is 18.3 Å². The summed E-state index contributed by atoms with van der Waals surface area (Å²) in [5.41, 5.74) is 8.23. The molecule has 1 aromatic heterocycles. The first-order valence-electron chi connectivity index (χ1n) is 6.19. The maximum atomic E-state index is 7.40. The second-order valence-electron chi connectivity index (χ2n) is 4.48. The average molecular weight is 282 g/mol. The smallest absolute Gasteiger partial charge is 0.190 e. The molecule has 3 rings (SSSR count). The summed E-state index contributed by atoms with van der Waals surface area (Å²) in [7, 11) is 1.99. The fourth-order valence-corrected chi connectivity index (χ4v) is 2.93. The molecule has 3 N–H and O–H groups in total. The number of benzene rings is 2. The zero-order valence-corrected chi connectivity index (χ0v) is 11.8. The Kier molecular flexibility index (Phi) is 3.12. The second-order valence-corrected chi connectivity index (χ2v) is 5.49. The van der Waals surface area contributed by atoms with E-state index < -0.39 is 0 Å². The average Bonchev–Trinajstić information content (AvgIpc) is 2.90. The number of rotatable bonds is 3. The van der Waals surface area contributed by atoms with Crippen molar-refractivity contribution in [2.45, 2.75) is 0 Å². The van der Waals surface area contributed by atoms with Gasteiger partial charge >= 0.3 is 0 Å². The molecule has 0 spiro atoms. The molecule has 0 saturated carbocycles. The number of nitrogens with two attached hydrogens (primary N) is 1. The molecule has 0 atom stereocenters. The molecule has 0 bridgehead atoms. The van der Waals surface area contributed by atoms with Crippen LogP contribution in [0.2, 0.25) is 0 Å². The predicted octanol–water partition coefficient (Wildman–Crippen LogP) is 3.35. The van der Waals surface area contributed by atoms with Crippen molar-refractivity contribution in [2.24, 2.45) is 5.73 Å². The van der Waals surface area contributed by atoms with Crippen molar-refractivity contribution in [3.8, 4) is 0 Å². The van der Waals surface area contributed by atoms with Gasteiger partial charge in [0.2, 0.25) is 0 Å². The van der Waals surface area contributed by atoms with Gasteiger partial charge in [-0.2, -0.15) is 0 Å². The summed E-state index contributed by atoms with van der Waals surface area (Å²) in [6, 6.07) is 15.7. The highest BCUT2D eigenvalue weighted by Gasteiger charge is 2.10.